The third kappa shape index (κ3) is 3.38. The van der Waals surface area contributed by atoms with Crippen LogP contribution >= 0.6 is 11.3 Å². The zero-order valence-corrected chi connectivity index (χ0v) is 17.2. The smallest absolute Gasteiger partial charge is 0.261 e. The Balaban J connectivity index is 1.25. The number of rotatable bonds is 4. The number of hydrogen-bond acceptors (Lipinski definition) is 4. The molecule has 0 atom stereocenters. The van der Waals surface area contributed by atoms with E-state index in [0.29, 0.717) is 6.04 Å². The Hall–Kier alpha value is -2.51. The van der Waals surface area contributed by atoms with Crippen LogP contribution in [-0.4, -0.2) is 38.5 Å². The number of likely N-dealkylation sites (tertiary alicyclic amines) is 1. The van der Waals surface area contributed by atoms with Gasteiger partial charge in [-0.1, -0.05) is 0 Å². The second kappa shape index (κ2) is 7.39. The summed E-state index contributed by atoms with van der Waals surface area (Å²) >= 11 is 1.49. The molecule has 3 aromatic heterocycles. The van der Waals surface area contributed by atoms with Gasteiger partial charge in [-0.05, 0) is 50.5 Å². The minimum Gasteiger partial charge on any atom is -0.344 e. The summed E-state index contributed by atoms with van der Waals surface area (Å²) in [5, 5.41) is 2.86. The zero-order chi connectivity index (χ0) is 20.0. The van der Waals surface area contributed by atoms with E-state index in [1.54, 1.807) is 16.7 Å². The van der Waals surface area contributed by atoms with Crippen LogP contribution in [0, 0.1) is 12.7 Å². The first-order chi connectivity index (χ1) is 14.1. The molecule has 1 saturated heterocycles. The summed E-state index contributed by atoms with van der Waals surface area (Å²) in [5.74, 6) is -0.189. The average molecular weight is 411 g/mol. The van der Waals surface area contributed by atoms with Gasteiger partial charge in [-0.2, -0.15) is 0 Å². The molecule has 150 valence electrons. The standard InChI is InChI=1S/C22H23FN4OS/c1-15-19(21(28)27-12-13-29-22(27)24-15)7-10-25-8-5-18(6-9-25)26-11-4-16-14-17(23)2-3-20(16)26/h2-4,11-14,18H,5-10H2,1H3. The summed E-state index contributed by atoms with van der Waals surface area (Å²) in [7, 11) is 0. The van der Waals surface area contributed by atoms with E-state index in [9.17, 15) is 9.18 Å². The SMILES string of the molecule is Cc1nc2sccn2c(=O)c1CCN1CCC(n2ccc3cc(F)ccc32)CC1. The minimum atomic E-state index is -0.189. The molecule has 0 aliphatic carbocycles. The van der Waals surface area contributed by atoms with Gasteiger partial charge in [0.25, 0.3) is 5.56 Å². The van der Waals surface area contributed by atoms with Crippen molar-refractivity contribution < 1.29 is 4.39 Å². The Bertz CT molecular complexity index is 1230. The van der Waals surface area contributed by atoms with E-state index in [-0.39, 0.29) is 11.4 Å². The number of fused-ring (bicyclic) bond motifs is 2. The highest BCUT2D eigenvalue weighted by atomic mass is 32.1. The van der Waals surface area contributed by atoms with Crippen molar-refractivity contribution in [2.45, 2.75) is 32.2 Å². The van der Waals surface area contributed by atoms with E-state index in [1.807, 2.05) is 24.4 Å². The van der Waals surface area contributed by atoms with Crippen molar-refractivity contribution in [2.75, 3.05) is 19.6 Å². The van der Waals surface area contributed by atoms with Gasteiger partial charge in [-0.3, -0.25) is 9.20 Å². The summed E-state index contributed by atoms with van der Waals surface area (Å²) in [5.41, 5.74) is 2.83. The zero-order valence-electron chi connectivity index (χ0n) is 16.3. The van der Waals surface area contributed by atoms with E-state index in [0.717, 1.165) is 66.0 Å². The first kappa shape index (κ1) is 18.5. The van der Waals surface area contributed by atoms with E-state index in [4.69, 9.17) is 0 Å². The maximum Gasteiger partial charge on any atom is 0.261 e. The van der Waals surface area contributed by atoms with Gasteiger partial charge in [0.1, 0.15) is 5.82 Å². The van der Waals surface area contributed by atoms with Gasteiger partial charge in [-0.25, -0.2) is 9.37 Å². The highest BCUT2D eigenvalue weighted by Crippen LogP contribution is 2.28. The van der Waals surface area contributed by atoms with Crippen molar-refractivity contribution in [3.05, 3.63) is 69.5 Å². The lowest BCUT2D eigenvalue weighted by Gasteiger charge is -2.33. The quantitative estimate of drug-likeness (QED) is 0.510. The Kier molecular flexibility index (Phi) is 4.72. The Morgan fingerprint density at radius 1 is 1.21 bits per heavy atom. The summed E-state index contributed by atoms with van der Waals surface area (Å²) in [6.45, 7) is 4.81. The van der Waals surface area contributed by atoms with E-state index >= 15 is 0 Å². The number of aromatic nitrogens is 3. The highest BCUT2D eigenvalue weighted by Gasteiger charge is 2.22. The molecule has 4 aromatic rings. The molecule has 0 radical (unpaired) electrons. The third-order valence-electron chi connectivity index (χ3n) is 6.08. The van der Waals surface area contributed by atoms with Crippen LogP contribution in [-0.2, 0) is 6.42 Å². The molecule has 0 bridgehead atoms. The lowest BCUT2D eigenvalue weighted by atomic mass is 10.0. The van der Waals surface area contributed by atoms with Crippen LogP contribution in [0.3, 0.4) is 0 Å². The van der Waals surface area contributed by atoms with E-state index < -0.39 is 0 Å². The van der Waals surface area contributed by atoms with Gasteiger partial charge in [0.15, 0.2) is 4.96 Å². The predicted molar refractivity (Wildman–Crippen MR) is 114 cm³/mol. The maximum absolute atomic E-state index is 13.4. The minimum absolute atomic E-state index is 0.0645. The van der Waals surface area contributed by atoms with Gasteiger partial charge < -0.3 is 9.47 Å². The molecule has 1 fully saturated rings. The van der Waals surface area contributed by atoms with Gasteiger partial charge >= 0.3 is 0 Å². The van der Waals surface area contributed by atoms with E-state index in [2.05, 4.69) is 20.6 Å². The fraction of sp³-hybridized carbons (Fsp3) is 0.364. The molecule has 4 heterocycles. The lowest BCUT2D eigenvalue weighted by molar-refractivity contribution is 0.190. The number of piperidine rings is 1. The molecule has 5 rings (SSSR count). The Morgan fingerprint density at radius 2 is 2.03 bits per heavy atom. The third-order valence-corrected chi connectivity index (χ3v) is 6.83. The van der Waals surface area contributed by atoms with Crippen molar-refractivity contribution in [1.82, 2.24) is 18.9 Å². The first-order valence-corrected chi connectivity index (χ1v) is 10.9. The number of halogens is 1. The first-order valence-electron chi connectivity index (χ1n) is 10.0. The fourth-order valence-electron chi connectivity index (χ4n) is 4.45. The topological polar surface area (TPSA) is 42.5 Å². The van der Waals surface area contributed by atoms with Crippen LogP contribution < -0.4 is 5.56 Å². The molecule has 0 unspecified atom stereocenters. The van der Waals surface area contributed by atoms with E-state index in [1.165, 1.54) is 17.4 Å². The number of hydrogen-bond donors (Lipinski definition) is 0. The molecule has 29 heavy (non-hydrogen) atoms. The van der Waals surface area contributed by atoms with Crippen LogP contribution in [0.25, 0.3) is 15.9 Å². The van der Waals surface area contributed by atoms with Crippen molar-refractivity contribution in [2.24, 2.45) is 0 Å². The molecule has 1 aromatic carbocycles. The molecule has 0 saturated carbocycles. The van der Waals surface area contributed by atoms with Crippen LogP contribution in [0.5, 0.6) is 0 Å². The number of aryl methyl sites for hydroxylation is 1. The van der Waals surface area contributed by atoms with Crippen molar-refractivity contribution >= 4 is 27.2 Å². The lowest BCUT2D eigenvalue weighted by Crippen LogP contribution is -2.36. The van der Waals surface area contributed by atoms with Gasteiger partial charge in [-0.15, -0.1) is 11.3 Å². The molecule has 0 N–H and O–H groups in total. The summed E-state index contributed by atoms with van der Waals surface area (Å²) in [4.78, 5) is 20.5. The van der Waals surface area contributed by atoms with Crippen LogP contribution in [0.4, 0.5) is 4.39 Å². The van der Waals surface area contributed by atoms with Gasteiger partial charge in [0.05, 0.1) is 0 Å². The fourth-order valence-corrected chi connectivity index (χ4v) is 5.20. The maximum atomic E-state index is 13.4. The summed E-state index contributed by atoms with van der Waals surface area (Å²) in [6.07, 6.45) is 6.72. The van der Waals surface area contributed by atoms with Crippen molar-refractivity contribution in [3.8, 4) is 0 Å². The number of nitrogens with zero attached hydrogens (tertiary/aromatic N) is 4. The van der Waals surface area contributed by atoms with Crippen LogP contribution in [0.1, 0.15) is 30.1 Å². The second-order valence-corrected chi connectivity index (χ2v) is 8.66. The van der Waals surface area contributed by atoms with Crippen molar-refractivity contribution in [1.29, 1.82) is 0 Å². The molecular weight excluding hydrogens is 387 g/mol. The molecule has 7 heteroatoms. The number of benzene rings is 1. The largest absolute Gasteiger partial charge is 0.344 e. The molecule has 5 nitrogen and oxygen atoms in total. The summed E-state index contributed by atoms with van der Waals surface area (Å²) < 4.78 is 17.4. The Labute approximate surface area is 172 Å². The van der Waals surface area contributed by atoms with Crippen LogP contribution in [0.15, 0.2) is 46.8 Å². The monoisotopic (exact) mass is 410 g/mol. The van der Waals surface area contributed by atoms with Gasteiger partial charge in [0, 0.05) is 65.6 Å². The van der Waals surface area contributed by atoms with Crippen molar-refractivity contribution in [3.63, 3.8) is 0 Å². The Morgan fingerprint density at radius 3 is 2.86 bits per heavy atom. The molecule has 0 spiro atoms. The van der Waals surface area contributed by atoms with Crippen LogP contribution in [0.2, 0.25) is 0 Å². The molecule has 1 aliphatic heterocycles. The number of thiazole rings is 1. The van der Waals surface area contributed by atoms with Gasteiger partial charge in [0.2, 0.25) is 0 Å². The molecule has 0 amide bonds. The predicted octanol–water partition coefficient (Wildman–Crippen LogP) is 4.04. The molecular formula is C22H23FN4OS. The summed E-state index contributed by atoms with van der Waals surface area (Å²) in [6, 6.07) is 7.44. The highest BCUT2D eigenvalue weighted by molar-refractivity contribution is 7.15. The molecule has 1 aliphatic rings. The second-order valence-electron chi connectivity index (χ2n) is 7.79. The normalized spacial score (nSPS) is 16.2. The average Bonchev–Trinajstić information content (AvgIpc) is 3.35.